The van der Waals surface area contributed by atoms with Crippen LogP contribution in [-0.2, 0) is 4.79 Å². The zero-order valence-electron chi connectivity index (χ0n) is 9.99. The van der Waals surface area contributed by atoms with Gasteiger partial charge < -0.3 is 5.32 Å². The van der Waals surface area contributed by atoms with Crippen LogP contribution in [0.3, 0.4) is 0 Å². The number of halogens is 2. The Morgan fingerprint density at radius 1 is 1.67 bits per heavy atom. The fourth-order valence-corrected chi connectivity index (χ4v) is 1.93. The van der Waals surface area contributed by atoms with Crippen LogP contribution in [-0.4, -0.2) is 29.4 Å². The fourth-order valence-electron chi connectivity index (χ4n) is 1.93. The van der Waals surface area contributed by atoms with Crippen LogP contribution in [0, 0.1) is 0 Å². The summed E-state index contributed by atoms with van der Waals surface area (Å²) in [5.41, 5.74) is 0.843. The standard InChI is InChI=1S/C12H15F2N3O/c1-8(9-3-2-4-15-6-9)17-11(18)10-5-12(13,14)7-16-10/h2-4,6,8,10,16H,5,7H2,1H3,(H,17,18). The minimum Gasteiger partial charge on any atom is -0.348 e. The molecular weight excluding hydrogens is 240 g/mol. The highest BCUT2D eigenvalue weighted by molar-refractivity contribution is 5.82. The van der Waals surface area contributed by atoms with Gasteiger partial charge in [-0.25, -0.2) is 8.78 Å². The second kappa shape index (κ2) is 4.97. The lowest BCUT2D eigenvalue weighted by molar-refractivity contribution is -0.124. The van der Waals surface area contributed by atoms with E-state index in [2.05, 4.69) is 15.6 Å². The van der Waals surface area contributed by atoms with Gasteiger partial charge >= 0.3 is 0 Å². The van der Waals surface area contributed by atoms with Crippen LogP contribution in [0.25, 0.3) is 0 Å². The molecule has 1 aromatic heterocycles. The summed E-state index contributed by atoms with van der Waals surface area (Å²) in [6, 6.07) is 2.52. The Hall–Kier alpha value is -1.56. The van der Waals surface area contributed by atoms with Crippen molar-refractivity contribution in [2.45, 2.75) is 31.4 Å². The van der Waals surface area contributed by atoms with E-state index in [4.69, 9.17) is 0 Å². The molecule has 2 atom stereocenters. The lowest BCUT2D eigenvalue weighted by Gasteiger charge is -2.17. The molecule has 4 nitrogen and oxygen atoms in total. The van der Waals surface area contributed by atoms with Gasteiger partial charge in [-0.05, 0) is 18.6 Å². The quantitative estimate of drug-likeness (QED) is 0.855. The number of carbonyl (C=O) groups is 1. The summed E-state index contributed by atoms with van der Waals surface area (Å²) in [6.07, 6.45) is 2.83. The van der Waals surface area contributed by atoms with E-state index in [-0.39, 0.29) is 6.04 Å². The largest absolute Gasteiger partial charge is 0.348 e. The third kappa shape index (κ3) is 3.01. The van der Waals surface area contributed by atoms with E-state index in [0.29, 0.717) is 0 Å². The van der Waals surface area contributed by atoms with Crippen molar-refractivity contribution in [1.82, 2.24) is 15.6 Å². The van der Waals surface area contributed by atoms with Gasteiger partial charge in [-0.2, -0.15) is 0 Å². The highest BCUT2D eigenvalue weighted by atomic mass is 19.3. The molecule has 2 heterocycles. The molecule has 0 saturated carbocycles. The summed E-state index contributed by atoms with van der Waals surface area (Å²) in [5, 5.41) is 5.23. The van der Waals surface area contributed by atoms with Crippen LogP contribution in [0.15, 0.2) is 24.5 Å². The maximum atomic E-state index is 13.0. The molecule has 1 fully saturated rings. The van der Waals surface area contributed by atoms with Gasteiger partial charge in [-0.1, -0.05) is 6.07 Å². The minimum atomic E-state index is -2.79. The second-order valence-electron chi connectivity index (χ2n) is 4.51. The van der Waals surface area contributed by atoms with Crippen LogP contribution in [0.2, 0.25) is 0 Å². The first-order valence-corrected chi connectivity index (χ1v) is 5.79. The number of aromatic nitrogens is 1. The van der Waals surface area contributed by atoms with Crippen molar-refractivity contribution in [3.05, 3.63) is 30.1 Å². The molecule has 2 N–H and O–H groups in total. The minimum absolute atomic E-state index is 0.248. The van der Waals surface area contributed by atoms with Gasteiger partial charge in [-0.3, -0.25) is 15.1 Å². The SMILES string of the molecule is CC(NC(=O)C1CC(F)(F)CN1)c1cccnc1. The van der Waals surface area contributed by atoms with Crippen molar-refractivity contribution in [2.24, 2.45) is 0 Å². The molecule has 0 aromatic carbocycles. The van der Waals surface area contributed by atoms with Gasteiger partial charge in [0.15, 0.2) is 0 Å². The Bertz CT molecular complexity index is 425. The summed E-state index contributed by atoms with van der Waals surface area (Å²) in [7, 11) is 0. The third-order valence-electron chi connectivity index (χ3n) is 2.97. The summed E-state index contributed by atoms with van der Waals surface area (Å²) < 4.78 is 25.9. The van der Waals surface area contributed by atoms with Gasteiger partial charge in [0.2, 0.25) is 5.91 Å². The number of rotatable bonds is 3. The zero-order valence-corrected chi connectivity index (χ0v) is 9.99. The van der Waals surface area contributed by atoms with Crippen LogP contribution in [0.5, 0.6) is 0 Å². The normalized spacial score (nSPS) is 23.6. The molecular formula is C12H15F2N3O. The van der Waals surface area contributed by atoms with Crippen LogP contribution >= 0.6 is 0 Å². The number of hydrogen-bond donors (Lipinski definition) is 2. The summed E-state index contributed by atoms with van der Waals surface area (Å²) >= 11 is 0. The lowest BCUT2D eigenvalue weighted by Crippen LogP contribution is -2.41. The number of alkyl halides is 2. The predicted octanol–water partition coefficient (Wildman–Crippen LogP) is 1.26. The van der Waals surface area contributed by atoms with E-state index in [9.17, 15) is 13.6 Å². The highest BCUT2D eigenvalue weighted by Crippen LogP contribution is 2.25. The Labute approximate surface area is 104 Å². The number of nitrogens with zero attached hydrogens (tertiary/aromatic N) is 1. The monoisotopic (exact) mass is 255 g/mol. The molecule has 2 rings (SSSR count). The van der Waals surface area contributed by atoms with Gasteiger partial charge in [-0.15, -0.1) is 0 Å². The van der Waals surface area contributed by atoms with Crippen LogP contribution < -0.4 is 10.6 Å². The first-order valence-electron chi connectivity index (χ1n) is 5.79. The maximum Gasteiger partial charge on any atom is 0.262 e. The molecule has 1 saturated heterocycles. The van der Waals surface area contributed by atoms with Gasteiger partial charge in [0, 0.05) is 18.8 Å². The van der Waals surface area contributed by atoms with E-state index >= 15 is 0 Å². The van der Waals surface area contributed by atoms with E-state index in [1.54, 1.807) is 25.4 Å². The number of nitrogens with one attached hydrogen (secondary N) is 2. The number of pyridine rings is 1. The van der Waals surface area contributed by atoms with Crippen molar-refractivity contribution >= 4 is 5.91 Å². The van der Waals surface area contributed by atoms with Crippen molar-refractivity contribution in [3.63, 3.8) is 0 Å². The molecule has 0 spiro atoms. The summed E-state index contributed by atoms with van der Waals surface area (Å²) in [4.78, 5) is 15.7. The molecule has 1 aliphatic heterocycles. The summed E-state index contributed by atoms with van der Waals surface area (Å²) in [5.74, 6) is -3.19. The summed E-state index contributed by atoms with van der Waals surface area (Å²) in [6.45, 7) is 1.36. The molecule has 98 valence electrons. The first-order chi connectivity index (χ1) is 8.48. The Kier molecular flexibility index (Phi) is 3.56. The molecule has 18 heavy (non-hydrogen) atoms. The number of amides is 1. The van der Waals surface area contributed by atoms with Gasteiger partial charge in [0.1, 0.15) is 0 Å². The molecule has 1 aliphatic rings. The molecule has 2 unspecified atom stereocenters. The molecule has 1 amide bonds. The molecule has 0 aliphatic carbocycles. The van der Waals surface area contributed by atoms with Crippen LogP contribution in [0.1, 0.15) is 24.9 Å². The first kappa shape index (κ1) is 12.9. The number of hydrogen-bond acceptors (Lipinski definition) is 3. The van der Waals surface area contributed by atoms with Gasteiger partial charge in [0.25, 0.3) is 5.92 Å². The molecule has 1 aromatic rings. The third-order valence-corrected chi connectivity index (χ3v) is 2.97. The van der Waals surface area contributed by atoms with Crippen molar-refractivity contribution in [2.75, 3.05) is 6.54 Å². The van der Waals surface area contributed by atoms with E-state index < -0.39 is 30.8 Å². The van der Waals surface area contributed by atoms with Crippen molar-refractivity contribution in [1.29, 1.82) is 0 Å². The van der Waals surface area contributed by atoms with Crippen LogP contribution in [0.4, 0.5) is 8.78 Å². The topological polar surface area (TPSA) is 54.0 Å². The fraction of sp³-hybridized carbons (Fsp3) is 0.500. The zero-order chi connectivity index (χ0) is 13.2. The number of carbonyl (C=O) groups excluding carboxylic acids is 1. The Balaban J connectivity index is 1.92. The molecule has 6 heteroatoms. The second-order valence-corrected chi connectivity index (χ2v) is 4.51. The van der Waals surface area contributed by atoms with Crippen molar-refractivity contribution in [3.8, 4) is 0 Å². The molecule has 0 bridgehead atoms. The predicted molar refractivity (Wildman–Crippen MR) is 62.1 cm³/mol. The Morgan fingerprint density at radius 2 is 2.44 bits per heavy atom. The highest BCUT2D eigenvalue weighted by Gasteiger charge is 2.42. The molecule has 0 radical (unpaired) electrons. The average Bonchev–Trinajstić information content (AvgIpc) is 2.71. The van der Waals surface area contributed by atoms with E-state index in [1.807, 2.05) is 6.07 Å². The average molecular weight is 255 g/mol. The smallest absolute Gasteiger partial charge is 0.262 e. The Morgan fingerprint density at radius 3 is 3.00 bits per heavy atom. The van der Waals surface area contributed by atoms with Gasteiger partial charge in [0.05, 0.1) is 18.6 Å². The van der Waals surface area contributed by atoms with E-state index in [1.165, 1.54) is 0 Å². The lowest BCUT2D eigenvalue weighted by atomic mass is 10.1. The van der Waals surface area contributed by atoms with Crippen molar-refractivity contribution < 1.29 is 13.6 Å². The maximum absolute atomic E-state index is 13.0. The van der Waals surface area contributed by atoms with E-state index in [0.717, 1.165) is 5.56 Å².